The number of halogens is 1. The summed E-state index contributed by atoms with van der Waals surface area (Å²) < 4.78 is 39.9. The van der Waals surface area contributed by atoms with Gasteiger partial charge in [0.25, 0.3) is 14.4 Å². The first kappa shape index (κ1) is 65.2. The number of nitrogens with two attached hydrogens (primary N) is 1. The number of carbonyl (C=O) groups excluding carboxylic acids is 7. The lowest BCUT2D eigenvalue weighted by atomic mass is 10.1. The van der Waals surface area contributed by atoms with Crippen LogP contribution in [0.3, 0.4) is 0 Å². The van der Waals surface area contributed by atoms with Crippen LogP contribution >= 0.6 is 8.53 Å². The van der Waals surface area contributed by atoms with Crippen molar-refractivity contribution >= 4 is 50.1 Å². The molecule has 4 amide bonds. The molecular weight excluding hydrogens is 1040 g/mol. The Labute approximate surface area is 470 Å². The second kappa shape index (κ2) is 40.8. The maximum absolute atomic E-state index is 13.0. The molecule has 0 radical (unpaired) electrons. The Morgan fingerprint density at radius 1 is 0.438 bits per heavy atom. The van der Waals surface area contributed by atoms with Crippen LogP contribution in [0.4, 0.5) is 4.39 Å². The molecule has 0 aromatic heterocycles. The van der Waals surface area contributed by atoms with Crippen molar-refractivity contribution < 1.29 is 61.2 Å². The van der Waals surface area contributed by atoms with Crippen molar-refractivity contribution in [2.45, 2.75) is 129 Å². The highest BCUT2D eigenvalue weighted by Crippen LogP contribution is 2.30. The molecule has 6 N–H and O–H groups in total. The average Bonchev–Trinajstić information content (AvgIpc) is 3.48. The molecule has 5 aromatic rings. The molecule has 0 fully saturated rings. The van der Waals surface area contributed by atoms with Gasteiger partial charge in [0.2, 0.25) is 17.7 Å². The number of hydrogen-bond acceptors (Lipinski definition) is 13. The first-order valence-electron chi connectivity index (χ1n) is 27.2. The first-order valence-corrected chi connectivity index (χ1v) is 28.5. The smallest absolute Gasteiger partial charge is 0.328 e. The number of rotatable bonds is 37. The summed E-state index contributed by atoms with van der Waals surface area (Å²) in [6.07, 6.45) is 7.02. The Bertz CT molecular complexity index is 2500. The van der Waals surface area contributed by atoms with E-state index in [0.29, 0.717) is 89.8 Å². The molecule has 0 aliphatic carbocycles. The van der Waals surface area contributed by atoms with Gasteiger partial charge >= 0.3 is 17.9 Å². The quantitative estimate of drug-likeness (QED) is 0.0108. The minimum atomic E-state index is -1.50. The molecule has 0 saturated carbocycles. The topological polar surface area (TPSA) is 240 Å². The van der Waals surface area contributed by atoms with E-state index in [9.17, 15) is 38.0 Å². The zero-order chi connectivity index (χ0) is 57.3. The van der Waals surface area contributed by atoms with E-state index >= 15 is 0 Å². The van der Waals surface area contributed by atoms with E-state index in [4.69, 9.17) is 28.8 Å². The fraction of sp³-hybridized carbons (Fsp3) is 0.393. The lowest BCUT2D eigenvalue weighted by Gasteiger charge is -2.18. The fourth-order valence-electron chi connectivity index (χ4n) is 7.46. The van der Waals surface area contributed by atoms with Crippen LogP contribution in [0.15, 0.2) is 146 Å². The van der Waals surface area contributed by atoms with Gasteiger partial charge in [-0.05, 0) is 97.9 Å². The minimum absolute atomic E-state index is 0.0249. The molecule has 19 heteroatoms. The number of hydrogen-bond donors (Lipinski definition) is 5. The second-order valence-electron chi connectivity index (χ2n) is 18.6. The maximum atomic E-state index is 13.0. The molecular formula is C61H77FN5O12P. The summed E-state index contributed by atoms with van der Waals surface area (Å²) in [5.74, 6) is -2.48. The number of ether oxygens (including phenoxy) is 3. The Morgan fingerprint density at radius 2 is 0.875 bits per heavy atom. The van der Waals surface area contributed by atoms with E-state index < -0.39 is 26.4 Å². The molecule has 0 bridgehead atoms. The van der Waals surface area contributed by atoms with Crippen molar-refractivity contribution in [2.75, 3.05) is 26.2 Å². The summed E-state index contributed by atoms with van der Waals surface area (Å²) in [5, 5.41) is 11.3. The third-order valence-corrected chi connectivity index (χ3v) is 12.8. The van der Waals surface area contributed by atoms with Gasteiger partial charge in [-0.3, -0.25) is 34.3 Å². The highest BCUT2D eigenvalue weighted by atomic mass is 31.2. The molecule has 5 aromatic carbocycles. The molecule has 0 spiro atoms. The maximum Gasteiger partial charge on any atom is 0.328 e. The van der Waals surface area contributed by atoms with E-state index in [0.717, 1.165) is 35.1 Å². The molecule has 0 aliphatic rings. The van der Waals surface area contributed by atoms with Gasteiger partial charge in [-0.2, -0.15) is 0 Å². The van der Waals surface area contributed by atoms with Gasteiger partial charge in [0, 0.05) is 57.3 Å². The Kier molecular flexibility index (Phi) is 33.2. The molecule has 0 saturated heterocycles. The van der Waals surface area contributed by atoms with Crippen LogP contribution in [0.5, 0.6) is 0 Å². The van der Waals surface area contributed by atoms with Crippen molar-refractivity contribution in [3.05, 3.63) is 179 Å². The van der Waals surface area contributed by atoms with E-state index in [-0.39, 0.29) is 87.5 Å². The second-order valence-corrected chi connectivity index (χ2v) is 19.7. The third-order valence-electron chi connectivity index (χ3n) is 11.9. The summed E-state index contributed by atoms with van der Waals surface area (Å²) in [6.45, 7) is 2.73. The first-order chi connectivity index (χ1) is 38.9. The molecule has 0 aliphatic heterocycles. The molecule has 5 rings (SSSR count). The standard InChI is InChI=1S/C42H57FN5O8P.C19H20O4/c43-36-23-21-35(22-24-36)41(52)47-29-12-3-9-19-38(49)45-27-11-4-10-20-40(51)48-37(42(53)54-31-33-15-5-1-6-16-33)25-26-39(50)46-28-13-14-30-55-57(44)56-32-34-17-7-2-8-18-34;20-18(22-14-16-8-3-1-4-9-16)12-7-13-19(21)23-15-17-10-5-2-6-11-17/h1-2,5-8,15-18,21-24,37H,3-4,9-14,19-20,25-32,44H2,(H,45,49)(H,46,50)(H,47,52)(H,48,51);1-6,8-11H,7,12-15H2. The van der Waals surface area contributed by atoms with Gasteiger partial charge in [-0.1, -0.05) is 134 Å². The van der Waals surface area contributed by atoms with E-state index in [1.807, 2.05) is 121 Å². The SMILES string of the molecule is NP(OCCCCNC(=O)CCC(NC(=O)CCCCCNC(=O)CCCCCNC(=O)c1ccc(F)cc1)C(=O)OCc1ccccc1)OCc1ccccc1.O=C(CCCC(=O)OCc1ccccc1)OCc1ccccc1. The van der Waals surface area contributed by atoms with E-state index in [1.165, 1.54) is 24.3 Å². The van der Waals surface area contributed by atoms with Crippen molar-refractivity contribution in [2.24, 2.45) is 5.50 Å². The highest BCUT2D eigenvalue weighted by molar-refractivity contribution is 7.44. The summed E-state index contributed by atoms with van der Waals surface area (Å²) in [4.78, 5) is 85.9. The van der Waals surface area contributed by atoms with Gasteiger partial charge in [0.1, 0.15) is 31.7 Å². The van der Waals surface area contributed by atoms with E-state index in [1.54, 1.807) is 0 Å². The predicted molar refractivity (Wildman–Crippen MR) is 303 cm³/mol. The fourth-order valence-corrected chi connectivity index (χ4v) is 8.12. The molecule has 2 atom stereocenters. The molecule has 80 heavy (non-hydrogen) atoms. The summed E-state index contributed by atoms with van der Waals surface area (Å²) >= 11 is 0. The summed E-state index contributed by atoms with van der Waals surface area (Å²) in [6, 6.07) is 42.2. The predicted octanol–water partition coefficient (Wildman–Crippen LogP) is 9.76. The zero-order valence-electron chi connectivity index (χ0n) is 45.5. The van der Waals surface area contributed by atoms with Crippen molar-refractivity contribution in [1.82, 2.24) is 21.3 Å². The zero-order valence-corrected chi connectivity index (χ0v) is 46.4. The van der Waals surface area contributed by atoms with Gasteiger partial charge in [0.05, 0.1) is 13.2 Å². The minimum Gasteiger partial charge on any atom is -0.461 e. The largest absolute Gasteiger partial charge is 0.461 e. The van der Waals surface area contributed by atoms with Crippen molar-refractivity contribution in [1.29, 1.82) is 0 Å². The van der Waals surface area contributed by atoms with Gasteiger partial charge in [-0.15, -0.1) is 0 Å². The molecule has 2 unspecified atom stereocenters. The number of benzene rings is 5. The van der Waals surface area contributed by atoms with Gasteiger partial charge in [0.15, 0.2) is 0 Å². The Morgan fingerprint density at radius 3 is 1.39 bits per heavy atom. The van der Waals surface area contributed by atoms with Crippen LogP contribution in [0.1, 0.15) is 129 Å². The number of amides is 4. The van der Waals surface area contributed by atoms with Crippen LogP contribution in [-0.4, -0.2) is 73.8 Å². The van der Waals surface area contributed by atoms with Crippen LogP contribution in [0.25, 0.3) is 0 Å². The normalized spacial score (nSPS) is 11.4. The molecule has 17 nitrogen and oxygen atoms in total. The number of unbranched alkanes of at least 4 members (excludes halogenated alkanes) is 5. The highest BCUT2D eigenvalue weighted by Gasteiger charge is 2.23. The monoisotopic (exact) mass is 1120 g/mol. The Balaban J connectivity index is 0.000000496. The van der Waals surface area contributed by atoms with Gasteiger partial charge in [-0.25, -0.2) is 9.18 Å². The number of nitrogens with one attached hydrogen (secondary N) is 4. The average molecular weight is 1120 g/mol. The number of carbonyl (C=O) groups is 7. The Hall–Kier alpha value is -7.37. The summed E-state index contributed by atoms with van der Waals surface area (Å²) in [7, 11) is -1.50. The molecule has 430 valence electrons. The van der Waals surface area contributed by atoms with Gasteiger partial charge < -0.3 is 44.5 Å². The van der Waals surface area contributed by atoms with Crippen LogP contribution in [0, 0.1) is 5.82 Å². The van der Waals surface area contributed by atoms with Crippen molar-refractivity contribution in [3.8, 4) is 0 Å². The lowest BCUT2D eigenvalue weighted by Crippen LogP contribution is -2.42. The van der Waals surface area contributed by atoms with E-state index in [2.05, 4.69) is 21.3 Å². The lowest BCUT2D eigenvalue weighted by molar-refractivity contribution is -0.149. The third kappa shape index (κ3) is 31.3. The summed E-state index contributed by atoms with van der Waals surface area (Å²) in [5.41, 5.74) is 10.0. The van der Waals surface area contributed by atoms with Crippen LogP contribution < -0.4 is 26.8 Å². The van der Waals surface area contributed by atoms with Crippen LogP contribution in [0.2, 0.25) is 0 Å². The van der Waals surface area contributed by atoms with Crippen molar-refractivity contribution in [3.63, 3.8) is 0 Å². The van der Waals surface area contributed by atoms with Crippen LogP contribution in [-0.2, 0) is 78.5 Å². The number of esters is 3. The molecule has 0 heterocycles.